The molecular formula is C66H84N10O15S2. The standard InChI is InChI=1S/C66H84N10O15S2/c1-45-49(47-12-13-53(71-58(47)60(82)83)74-22-16-46-8-6-9-48(50(46)37-74)59(81)72-61-70-51-10-4-5-11-52(51)92-61)36-69-76(45)44-64-39-62(2)38-63(3)40-65(41-64,43-66(62,63)42-64)91-28-24-73(25-35-93(84,85)86)21-7-19-67-55(78)18-26-87-29-31-89-33-34-90-32-30-88-27-20-68-54(77)17-23-75-56(79)14-15-57(75)80/h4-6,8-15,36H,7,16-35,37-44H2,1-3H3,(H,67,78)(H,68,77)(H,82,83)(H,70,72,81)(H,84,85,86). The van der Waals surface area contributed by atoms with E-state index in [1.54, 1.807) is 6.20 Å². The number of pyridine rings is 1. The van der Waals surface area contributed by atoms with E-state index in [4.69, 9.17) is 33.8 Å². The van der Waals surface area contributed by atoms with Crippen LogP contribution in [0.3, 0.4) is 0 Å². The molecule has 3 aromatic heterocycles. The minimum absolute atomic E-state index is 0.0142. The fourth-order valence-electron chi connectivity index (χ4n) is 16.3. The van der Waals surface area contributed by atoms with Gasteiger partial charge in [-0.25, -0.2) is 14.8 Å². The van der Waals surface area contributed by atoms with Gasteiger partial charge in [-0.05, 0) is 128 Å². The van der Waals surface area contributed by atoms with Crippen LogP contribution in [0.2, 0.25) is 0 Å². The number of amides is 5. The zero-order chi connectivity index (χ0) is 65.6. The third-order valence-electron chi connectivity index (χ3n) is 20.0. The molecule has 4 fully saturated rings. The molecule has 4 saturated carbocycles. The number of aromatic nitrogens is 4. The number of anilines is 2. The van der Waals surface area contributed by atoms with E-state index in [1.165, 1.54) is 23.5 Å². The highest BCUT2D eigenvalue weighted by Gasteiger charge is 2.84. The summed E-state index contributed by atoms with van der Waals surface area (Å²) in [6.07, 6.45) is 11.3. The second-order valence-corrected chi connectivity index (χ2v) is 28.9. The van der Waals surface area contributed by atoms with Gasteiger partial charge in [0.15, 0.2) is 10.8 Å². The molecule has 5 aromatic rings. The minimum atomic E-state index is -4.24. The number of nitrogens with zero attached hydrogens (tertiary/aromatic N) is 7. The zero-order valence-corrected chi connectivity index (χ0v) is 54.7. The van der Waals surface area contributed by atoms with E-state index in [9.17, 15) is 46.8 Å². The van der Waals surface area contributed by atoms with Crippen molar-refractivity contribution in [2.75, 3.05) is 121 Å². The number of para-hydroxylation sites is 1. The molecule has 5 atom stereocenters. The molecule has 27 heteroatoms. The number of carboxylic acid groups (broad SMARTS) is 1. The summed E-state index contributed by atoms with van der Waals surface area (Å²) in [5.41, 5.74) is 4.97. The molecule has 3 bridgehead atoms. The second kappa shape index (κ2) is 28.5. The van der Waals surface area contributed by atoms with Gasteiger partial charge >= 0.3 is 5.97 Å². The highest BCUT2D eigenvalue weighted by atomic mass is 32.2. The van der Waals surface area contributed by atoms with Crippen LogP contribution in [0.15, 0.2) is 72.9 Å². The topological polar surface area (TPSA) is 313 Å². The van der Waals surface area contributed by atoms with Crippen LogP contribution in [-0.2, 0) is 72.5 Å². The Hall–Kier alpha value is -7.08. The number of imide groups is 1. The van der Waals surface area contributed by atoms with Gasteiger partial charge in [-0.3, -0.25) is 48.3 Å². The molecule has 1 spiro atoms. The monoisotopic (exact) mass is 1320 g/mol. The first-order valence-electron chi connectivity index (χ1n) is 32.1. The smallest absolute Gasteiger partial charge is 0.355 e. The Bertz CT molecular complexity index is 3720. The van der Waals surface area contributed by atoms with Crippen molar-refractivity contribution >= 4 is 78.1 Å². The van der Waals surface area contributed by atoms with E-state index in [2.05, 4.69) is 34.8 Å². The van der Waals surface area contributed by atoms with Crippen molar-refractivity contribution in [3.05, 3.63) is 101 Å². The third-order valence-corrected chi connectivity index (χ3v) is 21.6. The van der Waals surface area contributed by atoms with Crippen LogP contribution >= 0.6 is 11.3 Å². The first kappa shape index (κ1) is 67.3. The second-order valence-electron chi connectivity index (χ2n) is 26.3. The number of fused-ring (bicyclic) bond motifs is 4. The Morgan fingerprint density at radius 2 is 1.45 bits per heavy atom. The molecule has 0 radical (unpaired) electrons. The summed E-state index contributed by atoms with van der Waals surface area (Å²) in [5.74, 6) is -2.65. The number of benzene rings is 2. The Balaban J connectivity index is 0.616. The predicted molar refractivity (Wildman–Crippen MR) is 345 cm³/mol. The predicted octanol–water partition coefficient (Wildman–Crippen LogP) is 6.10. The normalized spacial score (nSPS) is 23.5. The lowest BCUT2D eigenvalue weighted by atomic mass is 9.40. The Labute approximate surface area is 545 Å². The number of carbonyl (C=O) groups is 6. The largest absolute Gasteiger partial charge is 0.476 e. The van der Waals surface area contributed by atoms with Crippen molar-refractivity contribution in [1.29, 1.82) is 0 Å². The highest BCUT2D eigenvalue weighted by Crippen LogP contribution is 2.89. The van der Waals surface area contributed by atoms with E-state index in [0.29, 0.717) is 126 Å². The molecule has 5 unspecified atom stereocenters. The number of hydrogen-bond acceptors (Lipinski definition) is 19. The van der Waals surface area contributed by atoms with E-state index >= 15 is 0 Å². The van der Waals surface area contributed by atoms with Crippen molar-refractivity contribution < 1.29 is 70.5 Å². The molecule has 0 saturated heterocycles. The number of ether oxygens (including phenoxy) is 5. The van der Waals surface area contributed by atoms with Crippen molar-refractivity contribution in [3.63, 3.8) is 0 Å². The van der Waals surface area contributed by atoms with Gasteiger partial charge in [-0.15, -0.1) is 0 Å². The lowest BCUT2D eigenvalue weighted by molar-refractivity contribution is -0.158. The number of thiazole rings is 1. The van der Waals surface area contributed by atoms with E-state index < -0.39 is 39.3 Å². The number of carbonyl (C=O) groups excluding carboxylic acids is 5. The van der Waals surface area contributed by atoms with Crippen LogP contribution < -0.4 is 20.9 Å². The summed E-state index contributed by atoms with van der Waals surface area (Å²) in [5, 5.41) is 24.8. The molecule has 11 rings (SSSR count). The summed E-state index contributed by atoms with van der Waals surface area (Å²) in [6, 6.07) is 17.1. The molecule has 5 amide bonds. The average Bonchev–Trinajstić information content (AvgIpc) is 1.46. The first-order valence-corrected chi connectivity index (χ1v) is 34.5. The SMILES string of the molecule is Cc1c(-c2ccc(N3CCc4cccc(C(=O)Nc5nc6ccccc6s5)c4C3)nc2C(=O)O)cnn1CC12CC3(OCCN(CCCNC(=O)CCOCCOCCOCCOCCNC(=O)CCN4C(=O)C=CC4=O)CCS(=O)(=O)O)CC4(C)CC(C)(C1)C4(C2)C3. The molecular weight excluding hydrogens is 1240 g/mol. The quantitative estimate of drug-likeness (QED) is 0.0172. The summed E-state index contributed by atoms with van der Waals surface area (Å²) in [6.45, 7) is 13.0. The maximum absolute atomic E-state index is 13.8. The van der Waals surface area contributed by atoms with Crippen LogP contribution in [-0.4, -0.2) is 200 Å². The number of rotatable bonds is 36. The van der Waals surface area contributed by atoms with Crippen molar-refractivity contribution in [2.24, 2.45) is 21.7 Å². The molecule has 2 aromatic carbocycles. The van der Waals surface area contributed by atoms with Gasteiger partial charge in [-0.2, -0.15) is 13.5 Å². The van der Waals surface area contributed by atoms with Crippen molar-refractivity contribution in [3.8, 4) is 11.1 Å². The fourth-order valence-corrected chi connectivity index (χ4v) is 17.7. The number of carboxylic acids is 1. The first-order chi connectivity index (χ1) is 44.6. The van der Waals surface area contributed by atoms with Gasteiger partial charge in [-0.1, -0.05) is 49.4 Å². The van der Waals surface area contributed by atoms with Gasteiger partial charge in [0.25, 0.3) is 27.8 Å². The average molecular weight is 1320 g/mol. The molecule has 5 N–H and O–H groups in total. The van der Waals surface area contributed by atoms with Gasteiger partial charge in [0.2, 0.25) is 11.8 Å². The molecule has 500 valence electrons. The minimum Gasteiger partial charge on any atom is -0.476 e. The summed E-state index contributed by atoms with van der Waals surface area (Å²) in [4.78, 5) is 89.2. The van der Waals surface area contributed by atoms with Crippen molar-refractivity contribution in [2.45, 2.75) is 104 Å². The third kappa shape index (κ3) is 15.2. The summed E-state index contributed by atoms with van der Waals surface area (Å²) >= 11 is 1.42. The Morgan fingerprint density at radius 1 is 0.742 bits per heavy atom. The Kier molecular flexibility index (Phi) is 20.6. The molecule has 4 aliphatic carbocycles. The maximum Gasteiger partial charge on any atom is 0.355 e. The Morgan fingerprint density at radius 3 is 2.19 bits per heavy atom. The van der Waals surface area contributed by atoms with Gasteiger partial charge in [0, 0.05) is 99.7 Å². The molecule has 25 nitrogen and oxygen atoms in total. The summed E-state index contributed by atoms with van der Waals surface area (Å²) in [7, 11) is -4.24. The van der Waals surface area contributed by atoms with E-state index in [1.807, 2.05) is 76.0 Å². The van der Waals surface area contributed by atoms with Crippen LogP contribution in [0.4, 0.5) is 10.9 Å². The zero-order valence-electron chi connectivity index (χ0n) is 53.1. The van der Waals surface area contributed by atoms with Gasteiger partial charge in [0.1, 0.15) is 5.82 Å². The molecule has 5 heterocycles. The van der Waals surface area contributed by atoms with Crippen LogP contribution in [0.5, 0.6) is 0 Å². The lowest BCUT2D eigenvalue weighted by Crippen LogP contribution is -2.57. The lowest BCUT2D eigenvalue weighted by Gasteiger charge is -2.64. The fraction of sp³-hybridized carbons (Fsp3) is 0.561. The van der Waals surface area contributed by atoms with Gasteiger partial charge < -0.3 is 44.3 Å². The molecule has 93 heavy (non-hydrogen) atoms. The van der Waals surface area contributed by atoms with Crippen LogP contribution in [0, 0.1) is 28.6 Å². The van der Waals surface area contributed by atoms with Gasteiger partial charge in [0.05, 0.1) is 87.2 Å². The van der Waals surface area contributed by atoms with E-state index in [0.717, 1.165) is 70.5 Å². The van der Waals surface area contributed by atoms with Crippen LogP contribution in [0.1, 0.15) is 109 Å². The molecule has 2 aliphatic heterocycles. The molecule has 6 aliphatic rings. The van der Waals surface area contributed by atoms with Crippen LogP contribution in [0.25, 0.3) is 21.3 Å². The number of aromatic carboxylic acids is 1. The number of hydrogen-bond donors (Lipinski definition) is 5. The van der Waals surface area contributed by atoms with E-state index in [-0.39, 0.29) is 90.8 Å². The maximum atomic E-state index is 13.8. The highest BCUT2D eigenvalue weighted by molar-refractivity contribution is 7.85. The summed E-state index contributed by atoms with van der Waals surface area (Å²) < 4.78 is 65.9. The van der Waals surface area contributed by atoms with Crippen molar-refractivity contribution in [1.82, 2.24) is 40.2 Å². The number of nitrogens with one attached hydrogen (secondary N) is 3.